The monoisotopic (exact) mass is 183 g/mol. The molecule has 1 rings (SSSR count). The summed E-state index contributed by atoms with van der Waals surface area (Å²) in [6.45, 7) is 1.62. The second-order valence-corrected chi connectivity index (χ2v) is 3.85. The van der Waals surface area contributed by atoms with Gasteiger partial charge in [0.2, 0.25) is 0 Å². The van der Waals surface area contributed by atoms with E-state index in [1.165, 1.54) is 19.3 Å². The van der Waals surface area contributed by atoms with Gasteiger partial charge in [0, 0.05) is 13.5 Å². The van der Waals surface area contributed by atoms with Gasteiger partial charge in [-0.2, -0.15) is 0 Å². The van der Waals surface area contributed by atoms with Crippen LogP contribution in [0.25, 0.3) is 0 Å². The molecule has 13 heavy (non-hydrogen) atoms. The number of ketones is 1. The van der Waals surface area contributed by atoms with Crippen molar-refractivity contribution >= 4 is 5.78 Å². The summed E-state index contributed by atoms with van der Waals surface area (Å²) in [5.41, 5.74) is 0. The predicted octanol–water partition coefficient (Wildman–Crippen LogP) is 2.37. The highest BCUT2D eigenvalue weighted by Gasteiger charge is 2.24. The minimum Gasteiger partial charge on any atom is -0.381 e. The number of hydrogen-bond acceptors (Lipinski definition) is 2. The number of carbonyl (C=O) groups excluding carboxylic acids is 1. The smallest absolute Gasteiger partial charge is 0.134 e. The van der Waals surface area contributed by atoms with E-state index in [1.807, 2.05) is 6.42 Å². The van der Waals surface area contributed by atoms with Gasteiger partial charge in [0.1, 0.15) is 5.78 Å². The van der Waals surface area contributed by atoms with Gasteiger partial charge >= 0.3 is 0 Å². The molecule has 1 fully saturated rings. The molecule has 0 spiro atoms. The fourth-order valence-electron chi connectivity index (χ4n) is 2.09. The Morgan fingerprint density at radius 2 is 2.00 bits per heavy atom. The average Bonchev–Trinajstić information content (AvgIpc) is 2.28. The molecule has 2 unspecified atom stereocenters. The van der Waals surface area contributed by atoms with E-state index >= 15 is 0 Å². The lowest BCUT2D eigenvalue weighted by molar-refractivity contribution is -0.115. The number of hydrogen-bond donors (Lipinski definition) is 0. The van der Waals surface area contributed by atoms with Crippen LogP contribution in [-0.2, 0) is 9.53 Å². The Morgan fingerprint density at radius 1 is 1.31 bits per heavy atom. The molecule has 0 aliphatic heterocycles. The molecule has 0 bridgehead atoms. The van der Waals surface area contributed by atoms with Crippen LogP contribution in [0.1, 0.15) is 39.0 Å². The van der Waals surface area contributed by atoms with Crippen molar-refractivity contribution in [3.8, 4) is 0 Å². The zero-order valence-electron chi connectivity index (χ0n) is 8.58. The maximum absolute atomic E-state index is 11.0. The summed E-state index contributed by atoms with van der Waals surface area (Å²) in [5, 5.41) is 0. The highest BCUT2D eigenvalue weighted by molar-refractivity contribution is 5.84. The number of carbonyl (C=O) groups is 1. The van der Waals surface area contributed by atoms with E-state index in [4.69, 9.17) is 4.74 Å². The molecule has 2 atom stereocenters. The summed E-state index contributed by atoms with van der Waals surface area (Å²) < 4.78 is 5.40. The fraction of sp³-hybridized carbons (Fsp3) is 0.818. The van der Waals surface area contributed by atoms with Crippen LogP contribution in [-0.4, -0.2) is 19.0 Å². The van der Waals surface area contributed by atoms with Gasteiger partial charge in [0.25, 0.3) is 0 Å². The van der Waals surface area contributed by atoms with Gasteiger partial charge in [-0.05, 0) is 25.7 Å². The van der Waals surface area contributed by atoms with Gasteiger partial charge in [0.05, 0.1) is 6.10 Å². The fourth-order valence-corrected chi connectivity index (χ4v) is 2.09. The Balaban J connectivity index is 2.48. The molecule has 0 aromatic heterocycles. The number of ether oxygens (including phenoxy) is 1. The number of Topliss-reactive ketones (excluding diaryl/α,β-unsaturated/α-hetero) is 1. The first-order valence-electron chi connectivity index (χ1n) is 5.12. The second kappa shape index (κ2) is 5.38. The molecule has 0 N–H and O–H groups in total. The summed E-state index contributed by atoms with van der Waals surface area (Å²) in [6.07, 6.45) is 8.06. The Kier molecular flexibility index (Phi) is 4.43. The van der Waals surface area contributed by atoms with Crippen molar-refractivity contribution in [2.45, 2.75) is 45.1 Å². The first kappa shape index (κ1) is 10.7. The highest BCUT2D eigenvalue weighted by atomic mass is 16.5. The molecular weight excluding hydrogens is 164 g/mol. The summed E-state index contributed by atoms with van der Waals surface area (Å²) >= 11 is 0. The predicted molar refractivity (Wildman–Crippen MR) is 52.4 cm³/mol. The lowest BCUT2D eigenvalue weighted by Gasteiger charge is -2.22. The van der Waals surface area contributed by atoms with E-state index in [0.29, 0.717) is 5.92 Å². The molecule has 0 aromatic rings. The SMILES string of the molecule is COC1CCCCCC1[CH]C(C)=O. The molecule has 1 radical (unpaired) electrons. The van der Waals surface area contributed by atoms with Crippen LogP contribution < -0.4 is 0 Å². The van der Waals surface area contributed by atoms with Crippen molar-refractivity contribution in [1.29, 1.82) is 0 Å². The van der Waals surface area contributed by atoms with Crippen LogP contribution in [0.2, 0.25) is 0 Å². The normalized spacial score (nSPS) is 29.7. The quantitative estimate of drug-likeness (QED) is 0.628. The molecule has 1 aliphatic rings. The van der Waals surface area contributed by atoms with Gasteiger partial charge in [-0.15, -0.1) is 0 Å². The third-order valence-electron chi connectivity index (χ3n) is 2.76. The van der Waals surface area contributed by atoms with E-state index in [0.717, 1.165) is 12.8 Å². The zero-order valence-corrected chi connectivity index (χ0v) is 8.58. The lowest BCUT2D eigenvalue weighted by Crippen LogP contribution is -2.24. The van der Waals surface area contributed by atoms with Gasteiger partial charge in [-0.25, -0.2) is 0 Å². The molecule has 0 heterocycles. The molecule has 0 saturated heterocycles. The Hall–Kier alpha value is -0.370. The van der Waals surface area contributed by atoms with Crippen LogP contribution in [0.15, 0.2) is 0 Å². The first-order valence-corrected chi connectivity index (χ1v) is 5.12. The zero-order chi connectivity index (χ0) is 9.68. The molecular formula is C11H19O2. The second-order valence-electron chi connectivity index (χ2n) is 3.85. The molecule has 75 valence electrons. The van der Waals surface area contributed by atoms with Crippen LogP contribution in [0.4, 0.5) is 0 Å². The van der Waals surface area contributed by atoms with Crippen molar-refractivity contribution in [3.05, 3.63) is 6.42 Å². The number of methoxy groups -OCH3 is 1. The molecule has 1 aliphatic carbocycles. The summed E-state index contributed by atoms with van der Waals surface area (Å²) in [4.78, 5) is 11.0. The van der Waals surface area contributed by atoms with Crippen LogP contribution in [0.3, 0.4) is 0 Å². The van der Waals surface area contributed by atoms with Crippen molar-refractivity contribution in [2.75, 3.05) is 7.11 Å². The van der Waals surface area contributed by atoms with Gasteiger partial charge in [-0.3, -0.25) is 4.79 Å². The average molecular weight is 183 g/mol. The van der Waals surface area contributed by atoms with E-state index in [-0.39, 0.29) is 11.9 Å². The highest BCUT2D eigenvalue weighted by Crippen LogP contribution is 2.27. The van der Waals surface area contributed by atoms with E-state index in [9.17, 15) is 4.79 Å². The summed E-state index contributed by atoms with van der Waals surface area (Å²) in [6, 6.07) is 0. The topological polar surface area (TPSA) is 26.3 Å². The first-order chi connectivity index (χ1) is 6.24. The van der Waals surface area contributed by atoms with Crippen molar-refractivity contribution < 1.29 is 9.53 Å². The van der Waals surface area contributed by atoms with Gasteiger partial charge in [-0.1, -0.05) is 19.3 Å². The van der Waals surface area contributed by atoms with Crippen molar-refractivity contribution in [2.24, 2.45) is 5.92 Å². The minimum absolute atomic E-state index is 0.175. The van der Waals surface area contributed by atoms with E-state index in [2.05, 4.69) is 0 Å². The van der Waals surface area contributed by atoms with Crippen molar-refractivity contribution in [3.63, 3.8) is 0 Å². The van der Waals surface area contributed by atoms with Crippen molar-refractivity contribution in [1.82, 2.24) is 0 Å². The lowest BCUT2D eigenvalue weighted by atomic mass is 9.92. The molecule has 1 saturated carbocycles. The summed E-state index contributed by atoms with van der Waals surface area (Å²) in [5.74, 6) is 0.527. The molecule has 2 heteroatoms. The van der Waals surface area contributed by atoms with E-state index in [1.54, 1.807) is 14.0 Å². The Morgan fingerprint density at radius 3 is 2.62 bits per heavy atom. The van der Waals surface area contributed by atoms with Gasteiger partial charge in [0.15, 0.2) is 0 Å². The third kappa shape index (κ3) is 3.47. The van der Waals surface area contributed by atoms with Crippen LogP contribution >= 0.6 is 0 Å². The minimum atomic E-state index is 0.175. The van der Waals surface area contributed by atoms with Crippen LogP contribution in [0, 0.1) is 12.3 Å². The Labute approximate surface area is 80.7 Å². The standard InChI is InChI=1S/C11H19O2/c1-9(12)8-10-6-4-3-5-7-11(10)13-2/h8,10-11H,3-7H2,1-2H3. The summed E-state index contributed by atoms with van der Waals surface area (Å²) in [7, 11) is 1.75. The van der Waals surface area contributed by atoms with Crippen LogP contribution in [0.5, 0.6) is 0 Å². The van der Waals surface area contributed by atoms with E-state index < -0.39 is 0 Å². The molecule has 0 aromatic carbocycles. The van der Waals surface area contributed by atoms with Gasteiger partial charge < -0.3 is 4.74 Å². The Bertz CT molecular complexity index is 165. The number of rotatable bonds is 3. The third-order valence-corrected chi connectivity index (χ3v) is 2.76. The largest absolute Gasteiger partial charge is 0.381 e. The maximum atomic E-state index is 11.0. The molecule has 2 nitrogen and oxygen atoms in total. The maximum Gasteiger partial charge on any atom is 0.134 e. The molecule has 0 amide bonds.